The molecule has 0 unspecified atom stereocenters. The number of benzene rings is 2. The summed E-state index contributed by atoms with van der Waals surface area (Å²) in [5, 5.41) is 6.94. The van der Waals surface area contributed by atoms with Crippen molar-refractivity contribution < 1.29 is 13.9 Å². The Hall–Kier alpha value is -2.93. The van der Waals surface area contributed by atoms with Crippen molar-refractivity contribution in [2.75, 3.05) is 20.2 Å². The van der Waals surface area contributed by atoms with Gasteiger partial charge in [-0.25, -0.2) is 4.39 Å². The number of carbonyl (C=O) groups excluding carboxylic acids is 1. The van der Waals surface area contributed by atoms with E-state index in [1.165, 1.54) is 17.7 Å². The number of ether oxygens (including phenoxy) is 1. The van der Waals surface area contributed by atoms with Crippen LogP contribution < -0.4 is 5.32 Å². The lowest BCUT2D eigenvalue weighted by atomic mass is 9.87. The molecule has 2 aromatic rings. The SMILES string of the molecule is CN[C@@H]1CO[C@@H](C(=O)N2CCc3ccccc3[C@@H]2c2ccc(F)cc2)C[C@@H]1N=[N+]=[N-]. The maximum atomic E-state index is 13.5. The van der Waals surface area contributed by atoms with E-state index in [4.69, 9.17) is 10.3 Å². The minimum absolute atomic E-state index is 0.125. The smallest absolute Gasteiger partial charge is 0.252 e. The van der Waals surface area contributed by atoms with Gasteiger partial charge >= 0.3 is 0 Å². The van der Waals surface area contributed by atoms with Crippen LogP contribution in [0.1, 0.15) is 29.2 Å². The summed E-state index contributed by atoms with van der Waals surface area (Å²) in [6.45, 7) is 0.835. The molecule has 0 aromatic heterocycles. The molecule has 7 nitrogen and oxygen atoms in total. The first-order valence-electron chi connectivity index (χ1n) is 10.1. The lowest BCUT2D eigenvalue weighted by Gasteiger charge is -2.41. The van der Waals surface area contributed by atoms with E-state index < -0.39 is 6.10 Å². The summed E-state index contributed by atoms with van der Waals surface area (Å²) in [4.78, 5) is 18.3. The van der Waals surface area contributed by atoms with Crippen LogP contribution in [0.15, 0.2) is 53.6 Å². The molecule has 0 aliphatic carbocycles. The summed E-state index contributed by atoms with van der Waals surface area (Å²) >= 11 is 0. The van der Waals surface area contributed by atoms with Gasteiger partial charge in [-0.05, 0) is 54.2 Å². The Bertz CT molecular complexity index is 960. The van der Waals surface area contributed by atoms with Gasteiger partial charge < -0.3 is 15.0 Å². The zero-order valence-electron chi connectivity index (χ0n) is 16.7. The second-order valence-electron chi connectivity index (χ2n) is 7.66. The van der Waals surface area contributed by atoms with E-state index in [0.717, 1.165) is 17.5 Å². The van der Waals surface area contributed by atoms with Crippen molar-refractivity contribution in [3.8, 4) is 0 Å². The number of azide groups is 1. The summed E-state index contributed by atoms with van der Waals surface area (Å²) in [6, 6.07) is 13.5. The molecule has 4 rings (SSSR count). The number of fused-ring (bicyclic) bond motifs is 1. The predicted octanol–water partition coefficient (Wildman–Crippen LogP) is 3.36. The van der Waals surface area contributed by atoms with Gasteiger partial charge in [0.15, 0.2) is 0 Å². The molecule has 8 heteroatoms. The van der Waals surface area contributed by atoms with Gasteiger partial charge in [0, 0.05) is 17.5 Å². The van der Waals surface area contributed by atoms with Crippen LogP contribution in [-0.2, 0) is 16.0 Å². The van der Waals surface area contributed by atoms with Crippen LogP contribution in [0.2, 0.25) is 0 Å². The Morgan fingerprint density at radius 1 is 1.27 bits per heavy atom. The molecular formula is C22H24FN5O2. The second-order valence-corrected chi connectivity index (χ2v) is 7.66. The lowest BCUT2D eigenvalue weighted by molar-refractivity contribution is -0.150. The molecule has 4 atom stereocenters. The Morgan fingerprint density at radius 3 is 2.77 bits per heavy atom. The number of amides is 1. The van der Waals surface area contributed by atoms with E-state index >= 15 is 0 Å². The largest absolute Gasteiger partial charge is 0.367 e. The highest BCUT2D eigenvalue weighted by Crippen LogP contribution is 2.36. The fraction of sp³-hybridized carbons (Fsp3) is 0.409. The molecule has 1 fully saturated rings. The number of carbonyl (C=O) groups is 1. The van der Waals surface area contributed by atoms with Crippen LogP contribution in [0.25, 0.3) is 10.4 Å². The first kappa shape index (κ1) is 20.3. The van der Waals surface area contributed by atoms with Gasteiger partial charge in [-0.15, -0.1) is 0 Å². The van der Waals surface area contributed by atoms with Crippen molar-refractivity contribution in [1.82, 2.24) is 10.2 Å². The van der Waals surface area contributed by atoms with Crippen LogP contribution in [-0.4, -0.2) is 49.2 Å². The van der Waals surface area contributed by atoms with Gasteiger partial charge in [0.2, 0.25) is 0 Å². The number of likely N-dealkylation sites (N-methyl/N-ethyl adjacent to an activating group) is 1. The highest BCUT2D eigenvalue weighted by atomic mass is 19.1. The highest BCUT2D eigenvalue weighted by Gasteiger charge is 2.39. The average molecular weight is 409 g/mol. The lowest BCUT2D eigenvalue weighted by Crippen LogP contribution is -2.53. The number of hydrogen-bond donors (Lipinski definition) is 1. The number of rotatable bonds is 4. The third-order valence-electron chi connectivity index (χ3n) is 6.00. The number of hydrogen-bond acceptors (Lipinski definition) is 4. The summed E-state index contributed by atoms with van der Waals surface area (Å²) in [6.07, 6.45) is 0.381. The van der Waals surface area contributed by atoms with Crippen LogP contribution in [0.4, 0.5) is 4.39 Å². The van der Waals surface area contributed by atoms with Crippen molar-refractivity contribution in [2.24, 2.45) is 5.11 Å². The third-order valence-corrected chi connectivity index (χ3v) is 6.00. The fourth-order valence-electron chi connectivity index (χ4n) is 4.42. The molecule has 2 aliphatic rings. The maximum Gasteiger partial charge on any atom is 0.252 e. The molecule has 2 aliphatic heterocycles. The molecule has 0 radical (unpaired) electrons. The summed E-state index contributed by atoms with van der Waals surface area (Å²) < 4.78 is 19.4. The van der Waals surface area contributed by atoms with Crippen molar-refractivity contribution in [2.45, 2.75) is 37.1 Å². The summed E-state index contributed by atoms with van der Waals surface area (Å²) in [7, 11) is 1.78. The van der Waals surface area contributed by atoms with Crippen LogP contribution in [0.3, 0.4) is 0 Å². The minimum atomic E-state index is -0.682. The standard InChI is InChI=1S/C22H24FN5O2/c1-25-19-13-30-20(12-18(19)26-27-24)22(29)28-11-10-14-4-2-3-5-17(14)21(28)15-6-8-16(23)9-7-15/h2-9,18-21,25H,10-13H2,1H3/t18-,19+,20+,21-/m0/s1. The highest BCUT2D eigenvalue weighted by molar-refractivity contribution is 5.82. The molecular weight excluding hydrogens is 385 g/mol. The maximum absolute atomic E-state index is 13.5. The summed E-state index contributed by atoms with van der Waals surface area (Å²) in [5.74, 6) is -0.446. The van der Waals surface area contributed by atoms with Gasteiger partial charge in [0.05, 0.1) is 18.7 Å². The topological polar surface area (TPSA) is 90.3 Å². The molecule has 2 heterocycles. The normalized spacial score (nSPS) is 25.9. The summed E-state index contributed by atoms with van der Waals surface area (Å²) in [5.41, 5.74) is 12.0. The van der Waals surface area contributed by atoms with E-state index in [-0.39, 0.29) is 29.8 Å². The van der Waals surface area contributed by atoms with Gasteiger partial charge in [0.25, 0.3) is 5.91 Å². The predicted molar refractivity (Wildman–Crippen MR) is 110 cm³/mol. The van der Waals surface area contributed by atoms with Gasteiger partial charge in [-0.3, -0.25) is 4.79 Å². The van der Waals surface area contributed by atoms with Crippen LogP contribution in [0, 0.1) is 5.82 Å². The number of nitrogens with zero attached hydrogens (tertiary/aromatic N) is 4. The Labute approximate surface area is 174 Å². The van der Waals surface area contributed by atoms with Crippen molar-refractivity contribution in [3.05, 3.63) is 81.5 Å². The first-order valence-corrected chi connectivity index (χ1v) is 10.1. The monoisotopic (exact) mass is 409 g/mol. The fourth-order valence-corrected chi connectivity index (χ4v) is 4.42. The molecule has 0 bridgehead atoms. The quantitative estimate of drug-likeness (QED) is 0.477. The van der Waals surface area contributed by atoms with Crippen molar-refractivity contribution in [1.29, 1.82) is 0 Å². The third kappa shape index (κ3) is 3.89. The van der Waals surface area contributed by atoms with Gasteiger partial charge in [0.1, 0.15) is 11.9 Å². The van der Waals surface area contributed by atoms with Crippen LogP contribution in [0.5, 0.6) is 0 Å². The minimum Gasteiger partial charge on any atom is -0.367 e. The van der Waals surface area contributed by atoms with Gasteiger partial charge in [-0.1, -0.05) is 41.5 Å². The Morgan fingerprint density at radius 2 is 2.03 bits per heavy atom. The first-order chi connectivity index (χ1) is 14.6. The van der Waals surface area contributed by atoms with E-state index in [1.807, 2.05) is 23.1 Å². The Kier molecular flexibility index (Phi) is 5.99. The van der Waals surface area contributed by atoms with Crippen LogP contribution >= 0.6 is 0 Å². The Balaban J connectivity index is 1.65. The molecule has 0 spiro atoms. The van der Waals surface area contributed by atoms with E-state index in [2.05, 4.69) is 21.4 Å². The number of halogens is 1. The molecule has 30 heavy (non-hydrogen) atoms. The van der Waals surface area contributed by atoms with E-state index in [9.17, 15) is 9.18 Å². The van der Waals surface area contributed by atoms with E-state index in [0.29, 0.717) is 19.6 Å². The molecule has 1 saturated heterocycles. The molecule has 2 aromatic carbocycles. The van der Waals surface area contributed by atoms with Crippen molar-refractivity contribution >= 4 is 5.91 Å². The number of nitrogens with one attached hydrogen (secondary N) is 1. The average Bonchev–Trinajstić information content (AvgIpc) is 2.78. The second kappa shape index (κ2) is 8.83. The molecule has 0 saturated carbocycles. The van der Waals surface area contributed by atoms with E-state index in [1.54, 1.807) is 19.2 Å². The molecule has 1 N–H and O–H groups in total. The zero-order chi connectivity index (χ0) is 21.1. The van der Waals surface area contributed by atoms with Gasteiger partial charge in [-0.2, -0.15) is 0 Å². The van der Waals surface area contributed by atoms with Crippen molar-refractivity contribution in [3.63, 3.8) is 0 Å². The molecule has 1 amide bonds. The zero-order valence-corrected chi connectivity index (χ0v) is 16.7. The molecule has 156 valence electrons.